The Morgan fingerprint density at radius 1 is 1.33 bits per heavy atom. The fourth-order valence-corrected chi connectivity index (χ4v) is 3.29. The van der Waals surface area contributed by atoms with E-state index in [1.165, 1.54) is 37.2 Å². The van der Waals surface area contributed by atoms with Gasteiger partial charge in [-0.05, 0) is 31.3 Å². The molecule has 3 rings (SSSR count). The van der Waals surface area contributed by atoms with E-state index in [-0.39, 0.29) is 0 Å². The Balaban J connectivity index is 2.02. The van der Waals surface area contributed by atoms with Crippen molar-refractivity contribution in [3.05, 3.63) is 11.5 Å². The second-order valence-electron chi connectivity index (χ2n) is 4.91. The van der Waals surface area contributed by atoms with E-state index in [2.05, 4.69) is 9.47 Å². The van der Waals surface area contributed by atoms with Gasteiger partial charge in [-0.15, -0.1) is 0 Å². The fourth-order valence-electron chi connectivity index (χ4n) is 2.64. The lowest BCUT2D eigenvalue weighted by Crippen LogP contribution is -1.98. The van der Waals surface area contributed by atoms with Gasteiger partial charge in [0.15, 0.2) is 11.6 Å². The minimum Gasteiger partial charge on any atom is -0.389 e. The molecule has 2 heterocycles. The minimum atomic E-state index is 0.526. The van der Waals surface area contributed by atoms with Crippen LogP contribution in [0, 0.1) is 6.92 Å². The number of nitrogen functional groups attached to an aromatic ring is 1. The van der Waals surface area contributed by atoms with E-state index in [1.807, 2.05) is 18.7 Å². The van der Waals surface area contributed by atoms with Crippen LogP contribution in [-0.4, -0.2) is 19.1 Å². The smallest absolute Gasteiger partial charge is 0.163 e. The molecule has 5 nitrogen and oxygen atoms in total. The normalized spacial score (nSPS) is 16.6. The molecule has 96 valence electrons. The molecule has 2 aromatic rings. The Kier molecular flexibility index (Phi) is 2.81. The first-order valence-corrected chi connectivity index (χ1v) is 7.07. The van der Waals surface area contributed by atoms with E-state index in [9.17, 15) is 0 Å². The van der Waals surface area contributed by atoms with Crippen LogP contribution in [0.1, 0.15) is 43.1 Å². The number of aryl methyl sites for hydroxylation is 2. The van der Waals surface area contributed by atoms with E-state index in [0.717, 1.165) is 27.9 Å². The third-order valence-corrected chi connectivity index (χ3v) is 4.38. The number of nitrogens with two attached hydrogens (primary N) is 1. The molecule has 0 aromatic carbocycles. The topological polar surface area (TPSA) is 69.6 Å². The Morgan fingerprint density at radius 2 is 2.06 bits per heavy atom. The number of anilines is 1. The first kappa shape index (κ1) is 11.6. The molecule has 0 bridgehead atoms. The van der Waals surface area contributed by atoms with Crippen molar-refractivity contribution in [1.29, 1.82) is 0 Å². The molecule has 1 aliphatic carbocycles. The van der Waals surface area contributed by atoms with E-state index >= 15 is 0 Å². The molecule has 6 heteroatoms. The van der Waals surface area contributed by atoms with Gasteiger partial charge in [0.2, 0.25) is 0 Å². The van der Waals surface area contributed by atoms with Gasteiger partial charge in [0, 0.05) is 13.0 Å². The summed E-state index contributed by atoms with van der Waals surface area (Å²) in [5.74, 6) is 2.34. The van der Waals surface area contributed by atoms with Crippen LogP contribution in [-0.2, 0) is 7.05 Å². The summed E-state index contributed by atoms with van der Waals surface area (Å²) in [5, 5.41) is 5.28. The molecule has 0 unspecified atom stereocenters. The van der Waals surface area contributed by atoms with Crippen LogP contribution in [0.4, 0.5) is 5.00 Å². The minimum absolute atomic E-state index is 0.526. The van der Waals surface area contributed by atoms with Crippen molar-refractivity contribution in [2.24, 2.45) is 7.05 Å². The predicted molar refractivity (Wildman–Crippen MR) is 72.5 cm³/mol. The molecule has 1 aliphatic rings. The average Bonchev–Trinajstić information content (AvgIpc) is 3.01. The lowest BCUT2D eigenvalue weighted by molar-refractivity contribution is 0.648. The average molecular weight is 263 g/mol. The maximum atomic E-state index is 5.98. The number of rotatable bonds is 2. The summed E-state index contributed by atoms with van der Waals surface area (Å²) in [6, 6.07) is 0. The SMILES string of the molecule is Cc1nsc(N)c1-c1nc(C2CCCC2)nn1C. The first-order chi connectivity index (χ1) is 8.66. The van der Waals surface area contributed by atoms with Crippen LogP contribution in [0.25, 0.3) is 11.4 Å². The van der Waals surface area contributed by atoms with Crippen LogP contribution >= 0.6 is 11.5 Å². The maximum Gasteiger partial charge on any atom is 0.163 e. The summed E-state index contributed by atoms with van der Waals surface area (Å²) in [6.07, 6.45) is 5.00. The Morgan fingerprint density at radius 3 is 2.67 bits per heavy atom. The van der Waals surface area contributed by atoms with Crippen LogP contribution < -0.4 is 5.73 Å². The molecule has 0 radical (unpaired) electrons. The van der Waals surface area contributed by atoms with Gasteiger partial charge >= 0.3 is 0 Å². The van der Waals surface area contributed by atoms with Gasteiger partial charge in [-0.2, -0.15) is 9.47 Å². The maximum absolute atomic E-state index is 5.98. The zero-order valence-electron chi connectivity index (χ0n) is 10.7. The highest BCUT2D eigenvalue weighted by Gasteiger charge is 2.24. The van der Waals surface area contributed by atoms with Gasteiger partial charge in [0.25, 0.3) is 0 Å². The summed E-state index contributed by atoms with van der Waals surface area (Å²) in [6.45, 7) is 1.96. The van der Waals surface area contributed by atoms with Gasteiger partial charge in [-0.3, -0.25) is 0 Å². The van der Waals surface area contributed by atoms with Crippen molar-refractivity contribution in [3.63, 3.8) is 0 Å². The predicted octanol–water partition coefficient (Wildman–Crippen LogP) is 2.49. The Bertz CT molecular complexity index is 546. The fraction of sp³-hybridized carbons (Fsp3) is 0.583. The second-order valence-corrected chi connectivity index (χ2v) is 5.71. The van der Waals surface area contributed by atoms with Crippen molar-refractivity contribution in [1.82, 2.24) is 19.1 Å². The summed E-state index contributed by atoms with van der Waals surface area (Å²) in [7, 11) is 1.93. The monoisotopic (exact) mass is 263 g/mol. The molecule has 0 saturated heterocycles. The van der Waals surface area contributed by atoms with E-state index in [0.29, 0.717) is 5.92 Å². The van der Waals surface area contributed by atoms with Crippen molar-refractivity contribution in [3.8, 4) is 11.4 Å². The molecular formula is C12H17N5S. The number of nitrogens with zero attached hydrogens (tertiary/aromatic N) is 4. The quantitative estimate of drug-likeness (QED) is 0.903. The molecular weight excluding hydrogens is 246 g/mol. The zero-order valence-corrected chi connectivity index (χ0v) is 11.5. The molecule has 1 saturated carbocycles. The zero-order chi connectivity index (χ0) is 12.7. The van der Waals surface area contributed by atoms with Crippen molar-refractivity contribution < 1.29 is 0 Å². The number of aromatic nitrogens is 4. The van der Waals surface area contributed by atoms with Crippen LogP contribution in [0.2, 0.25) is 0 Å². The van der Waals surface area contributed by atoms with Crippen LogP contribution in [0.3, 0.4) is 0 Å². The standard InChI is InChI=1S/C12H17N5S/c1-7-9(10(13)18-16-7)12-14-11(15-17(12)2)8-5-3-4-6-8/h8H,3-6,13H2,1-2H3. The lowest BCUT2D eigenvalue weighted by atomic mass is 10.1. The highest BCUT2D eigenvalue weighted by molar-refractivity contribution is 7.10. The number of hydrogen-bond donors (Lipinski definition) is 1. The van der Waals surface area contributed by atoms with Crippen LogP contribution in [0.15, 0.2) is 0 Å². The van der Waals surface area contributed by atoms with E-state index in [1.54, 1.807) is 0 Å². The largest absolute Gasteiger partial charge is 0.389 e. The van der Waals surface area contributed by atoms with Crippen molar-refractivity contribution in [2.75, 3.05) is 5.73 Å². The van der Waals surface area contributed by atoms with Gasteiger partial charge in [-0.25, -0.2) is 9.67 Å². The van der Waals surface area contributed by atoms with E-state index in [4.69, 9.17) is 10.7 Å². The van der Waals surface area contributed by atoms with E-state index < -0.39 is 0 Å². The summed E-state index contributed by atoms with van der Waals surface area (Å²) >= 11 is 1.32. The second kappa shape index (κ2) is 4.35. The molecule has 0 atom stereocenters. The number of hydrogen-bond acceptors (Lipinski definition) is 5. The van der Waals surface area contributed by atoms with Crippen molar-refractivity contribution in [2.45, 2.75) is 38.5 Å². The summed E-state index contributed by atoms with van der Waals surface area (Å²) in [4.78, 5) is 4.69. The molecule has 0 aliphatic heterocycles. The highest BCUT2D eigenvalue weighted by atomic mass is 32.1. The lowest BCUT2D eigenvalue weighted by Gasteiger charge is -2.00. The van der Waals surface area contributed by atoms with Crippen LogP contribution in [0.5, 0.6) is 0 Å². The first-order valence-electron chi connectivity index (χ1n) is 6.30. The summed E-state index contributed by atoms with van der Waals surface area (Å²) < 4.78 is 6.11. The van der Waals surface area contributed by atoms with Gasteiger partial charge in [-0.1, -0.05) is 12.8 Å². The van der Waals surface area contributed by atoms with Gasteiger partial charge < -0.3 is 5.73 Å². The molecule has 2 N–H and O–H groups in total. The molecule has 0 spiro atoms. The van der Waals surface area contributed by atoms with Gasteiger partial charge in [0.1, 0.15) is 5.00 Å². The Hall–Kier alpha value is -1.43. The molecule has 2 aromatic heterocycles. The highest BCUT2D eigenvalue weighted by Crippen LogP contribution is 2.35. The van der Waals surface area contributed by atoms with Crippen molar-refractivity contribution >= 4 is 16.5 Å². The Labute approximate surface area is 110 Å². The third kappa shape index (κ3) is 1.80. The molecule has 18 heavy (non-hydrogen) atoms. The molecule has 0 amide bonds. The third-order valence-electron chi connectivity index (χ3n) is 3.61. The van der Waals surface area contributed by atoms with Gasteiger partial charge in [0.05, 0.1) is 11.3 Å². The molecule has 1 fully saturated rings. The summed E-state index contributed by atoms with van der Waals surface area (Å²) in [5.41, 5.74) is 7.86.